The first kappa shape index (κ1) is 19.5. The molecule has 0 fully saturated rings. The number of hydrogen-bond acceptors (Lipinski definition) is 3. The van der Waals surface area contributed by atoms with E-state index in [1.807, 2.05) is 63.2 Å². The number of rotatable bonds is 2. The van der Waals surface area contributed by atoms with Crippen LogP contribution in [0.2, 0.25) is 0 Å². The Morgan fingerprint density at radius 1 is 0.889 bits per heavy atom. The first-order chi connectivity index (χ1) is 12.5. The van der Waals surface area contributed by atoms with Crippen molar-refractivity contribution in [1.82, 2.24) is 0 Å². The lowest BCUT2D eigenvalue weighted by Gasteiger charge is -2.41. The van der Waals surface area contributed by atoms with Gasteiger partial charge in [-0.2, -0.15) is 0 Å². The molecule has 2 aromatic rings. The van der Waals surface area contributed by atoms with Crippen LogP contribution < -0.4 is 0 Å². The highest BCUT2D eigenvalue weighted by atomic mass is 17.1. The zero-order chi connectivity index (χ0) is 20.0. The van der Waals surface area contributed by atoms with Crippen molar-refractivity contribution in [2.45, 2.75) is 52.6 Å². The molecule has 0 spiro atoms. The fourth-order valence-corrected chi connectivity index (χ4v) is 3.60. The zero-order valence-electron chi connectivity index (χ0n) is 17.0. The van der Waals surface area contributed by atoms with Gasteiger partial charge in [0.1, 0.15) is 0 Å². The summed E-state index contributed by atoms with van der Waals surface area (Å²) in [5, 5.41) is 9.86. The van der Waals surface area contributed by atoms with E-state index in [0.717, 1.165) is 22.3 Å². The molecule has 1 atom stereocenters. The van der Waals surface area contributed by atoms with Crippen molar-refractivity contribution in [2.24, 2.45) is 5.41 Å². The third kappa shape index (κ3) is 3.15. The minimum atomic E-state index is -1.44. The Bertz CT molecular complexity index is 895. The molecule has 0 amide bonds. The second-order valence-corrected chi connectivity index (χ2v) is 9.34. The monoisotopic (exact) mass is 364 g/mol. The molecule has 3 rings (SSSR count). The highest BCUT2D eigenvalue weighted by molar-refractivity contribution is 6.13. The predicted octanol–water partition coefficient (Wildman–Crippen LogP) is 5.89. The zero-order valence-corrected chi connectivity index (χ0v) is 17.0. The van der Waals surface area contributed by atoms with E-state index in [9.17, 15) is 10.1 Å². The molecule has 0 saturated carbocycles. The minimum Gasteiger partial charge on any atom is -0.290 e. The third-order valence-corrected chi connectivity index (χ3v) is 5.45. The van der Waals surface area contributed by atoms with Gasteiger partial charge in [-0.25, -0.2) is 4.89 Å². The molecule has 2 aromatic carbocycles. The lowest BCUT2D eigenvalue weighted by Crippen LogP contribution is -2.52. The molecule has 0 aliphatic heterocycles. The summed E-state index contributed by atoms with van der Waals surface area (Å²) in [4.78, 5) is 18.4. The van der Waals surface area contributed by atoms with Crippen LogP contribution in [-0.4, -0.2) is 16.6 Å². The van der Waals surface area contributed by atoms with Gasteiger partial charge in [-0.3, -0.25) is 10.1 Å². The summed E-state index contributed by atoms with van der Waals surface area (Å²) in [6.45, 7) is 12.2. The Morgan fingerprint density at radius 2 is 1.52 bits per heavy atom. The second-order valence-electron chi connectivity index (χ2n) is 9.34. The molecule has 0 heterocycles. The van der Waals surface area contributed by atoms with Crippen molar-refractivity contribution in [3.63, 3.8) is 0 Å². The van der Waals surface area contributed by atoms with Crippen molar-refractivity contribution < 1.29 is 14.9 Å². The van der Waals surface area contributed by atoms with E-state index in [4.69, 9.17) is 4.89 Å². The van der Waals surface area contributed by atoms with Crippen molar-refractivity contribution in [3.05, 3.63) is 76.9 Å². The minimum absolute atomic E-state index is 0.0358. The number of carbonyl (C=O) groups is 1. The summed E-state index contributed by atoms with van der Waals surface area (Å²) in [6.07, 6.45) is 1.79. The molecule has 1 unspecified atom stereocenters. The lowest BCUT2D eigenvalue weighted by atomic mass is 9.66. The molecular formula is C24H28O3. The molecule has 1 aliphatic carbocycles. The van der Waals surface area contributed by atoms with Gasteiger partial charge in [0.15, 0.2) is 5.60 Å². The molecule has 1 N–H and O–H groups in total. The van der Waals surface area contributed by atoms with Crippen molar-refractivity contribution in [1.29, 1.82) is 0 Å². The van der Waals surface area contributed by atoms with Crippen LogP contribution in [0.1, 0.15) is 68.6 Å². The largest absolute Gasteiger partial charge is 0.290 e. The number of hydrogen-bond donors (Lipinski definition) is 1. The maximum atomic E-state index is 13.4. The van der Waals surface area contributed by atoms with Crippen LogP contribution in [0.5, 0.6) is 0 Å². The highest BCUT2D eigenvalue weighted by Crippen LogP contribution is 2.46. The number of benzene rings is 2. The van der Waals surface area contributed by atoms with Crippen molar-refractivity contribution in [2.75, 3.05) is 0 Å². The van der Waals surface area contributed by atoms with Crippen LogP contribution in [0.15, 0.2) is 54.6 Å². The predicted molar refractivity (Wildman–Crippen MR) is 109 cm³/mol. The lowest BCUT2D eigenvalue weighted by molar-refractivity contribution is -0.312. The molecule has 3 nitrogen and oxygen atoms in total. The van der Waals surface area contributed by atoms with Gasteiger partial charge in [0.05, 0.1) is 0 Å². The van der Waals surface area contributed by atoms with Gasteiger partial charge in [-0.05, 0) is 39.8 Å². The van der Waals surface area contributed by atoms with E-state index in [-0.39, 0.29) is 11.2 Å². The smallest absolute Gasteiger partial charge is 0.203 e. The average molecular weight is 364 g/mol. The standard InChI is InChI=1S/C24H28O3/c1-22(2,3)17-12-13-18-19(14-17)20(16-10-8-7-9-11-16)15-24(27-26,21(18)25)23(4,5)6/h7-15,26H,1-6H3. The summed E-state index contributed by atoms with van der Waals surface area (Å²) < 4.78 is 0. The van der Waals surface area contributed by atoms with E-state index in [1.165, 1.54) is 0 Å². The summed E-state index contributed by atoms with van der Waals surface area (Å²) in [5.41, 5.74) is 2.41. The van der Waals surface area contributed by atoms with Crippen LogP contribution in [0.25, 0.3) is 5.57 Å². The van der Waals surface area contributed by atoms with Gasteiger partial charge >= 0.3 is 0 Å². The highest BCUT2D eigenvalue weighted by Gasteiger charge is 2.52. The Hall–Kier alpha value is -2.23. The molecular weight excluding hydrogens is 336 g/mol. The van der Waals surface area contributed by atoms with E-state index >= 15 is 0 Å². The quantitative estimate of drug-likeness (QED) is 0.534. The first-order valence-electron chi connectivity index (χ1n) is 9.32. The maximum Gasteiger partial charge on any atom is 0.203 e. The summed E-state index contributed by atoms with van der Waals surface area (Å²) in [5.74, 6) is -0.215. The Balaban J connectivity index is 2.35. The molecule has 1 aliphatic rings. The van der Waals surface area contributed by atoms with Crippen LogP contribution in [0.3, 0.4) is 0 Å². The molecule has 0 aromatic heterocycles. The van der Waals surface area contributed by atoms with Gasteiger partial charge in [-0.1, -0.05) is 84.0 Å². The third-order valence-electron chi connectivity index (χ3n) is 5.45. The van der Waals surface area contributed by atoms with Gasteiger partial charge < -0.3 is 0 Å². The van der Waals surface area contributed by atoms with Crippen molar-refractivity contribution in [3.8, 4) is 0 Å². The average Bonchev–Trinajstić information content (AvgIpc) is 2.61. The van der Waals surface area contributed by atoms with Gasteiger partial charge in [-0.15, -0.1) is 0 Å². The fourth-order valence-electron chi connectivity index (χ4n) is 3.60. The van der Waals surface area contributed by atoms with Gasteiger partial charge in [0.25, 0.3) is 0 Å². The Labute approximate surface area is 161 Å². The SMILES string of the molecule is CC(C)(C)c1ccc2c(c1)C(c1ccccc1)=CC(OO)(C(C)(C)C)C2=O. The molecule has 142 valence electrons. The van der Waals surface area contributed by atoms with E-state index in [1.54, 1.807) is 6.08 Å². The fraction of sp³-hybridized carbons (Fsp3) is 0.375. The second kappa shape index (κ2) is 6.43. The summed E-state index contributed by atoms with van der Waals surface area (Å²) in [6, 6.07) is 15.9. The molecule has 3 heteroatoms. The van der Waals surface area contributed by atoms with Crippen LogP contribution >= 0.6 is 0 Å². The summed E-state index contributed by atoms with van der Waals surface area (Å²) >= 11 is 0. The normalized spacial score (nSPS) is 20.3. The van der Waals surface area contributed by atoms with E-state index in [2.05, 4.69) is 26.8 Å². The number of fused-ring (bicyclic) bond motifs is 1. The maximum absolute atomic E-state index is 13.4. The first-order valence-corrected chi connectivity index (χ1v) is 9.32. The van der Waals surface area contributed by atoms with E-state index < -0.39 is 11.0 Å². The summed E-state index contributed by atoms with van der Waals surface area (Å²) in [7, 11) is 0. The molecule has 27 heavy (non-hydrogen) atoms. The van der Waals surface area contributed by atoms with Gasteiger partial charge in [0.2, 0.25) is 5.78 Å². The molecule has 0 saturated heterocycles. The Kier molecular flexibility index (Phi) is 4.65. The topological polar surface area (TPSA) is 46.5 Å². The number of carbonyl (C=O) groups excluding carboxylic acids is 1. The van der Waals surface area contributed by atoms with Crippen LogP contribution in [0, 0.1) is 5.41 Å². The van der Waals surface area contributed by atoms with Gasteiger partial charge in [0, 0.05) is 11.0 Å². The number of ketones is 1. The Morgan fingerprint density at radius 3 is 2.04 bits per heavy atom. The number of Topliss-reactive ketones (excluding diaryl/α,β-unsaturated/α-hetero) is 1. The van der Waals surface area contributed by atoms with E-state index in [0.29, 0.717) is 5.56 Å². The molecule has 0 radical (unpaired) electrons. The van der Waals surface area contributed by atoms with Crippen molar-refractivity contribution >= 4 is 11.4 Å². The van der Waals surface area contributed by atoms with Crippen LogP contribution in [-0.2, 0) is 10.3 Å². The van der Waals surface area contributed by atoms with Crippen LogP contribution in [0.4, 0.5) is 0 Å². The molecule has 0 bridgehead atoms.